The predicted octanol–water partition coefficient (Wildman–Crippen LogP) is 14.3. The molecule has 56 heavy (non-hydrogen) atoms. The number of phenols is 1. The third-order valence-corrected chi connectivity index (χ3v) is 10.9. The van der Waals surface area contributed by atoms with Crippen LogP contribution in [0.15, 0.2) is 138 Å². The summed E-state index contributed by atoms with van der Waals surface area (Å²) < 4.78 is 6.61. The Morgan fingerprint density at radius 3 is 1.77 bits per heavy atom. The SMILES string of the molecule is CC(C)(C)c1ccc(-c2cc(-c3cccc(-c4cc(-c5ccccc5)c(C(C)(C)C)c5cccnc45)c3)c3nc(-c4cc(C(C)(C)C)ccc4O)oc3c2)cc1. The highest BCUT2D eigenvalue weighted by molar-refractivity contribution is 6.03. The number of hydrogen-bond acceptors (Lipinski definition) is 4. The van der Waals surface area contributed by atoms with E-state index < -0.39 is 0 Å². The Balaban J connectivity index is 1.36. The molecule has 6 aromatic carbocycles. The number of pyridine rings is 1. The molecule has 0 fully saturated rings. The van der Waals surface area contributed by atoms with Gasteiger partial charge in [-0.05, 0) is 109 Å². The zero-order valence-electron chi connectivity index (χ0n) is 34.0. The van der Waals surface area contributed by atoms with Gasteiger partial charge in [0.05, 0.1) is 11.1 Å². The molecule has 2 heterocycles. The molecule has 0 aliphatic rings. The normalized spacial score (nSPS) is 12.4. The van der Waals surface area contributed by atoms with Crippen molar-refractivity contribution in [1.29, 1.82) is 0 Å². The van der Waals surface area contributed by atoms with E-state index in [0.717, 1.165) is 55.4 Å². The second kappa shape index (κ2) is 13.6. The molecule has 8 aromatic rings. The van der Waals surface area contributed by atoms with Crippen molar-refractivity contribution in [2.75, 3.05) is 0 Å². The molecule has 0 spiro atoms. The molecule has 2 aromatic heterocycles. The fourth-order valence-corrected chi connectivity index (χ4v) is 7.85. The van der Waals surface area contributed by atoms with E-state index in [1.807, 2.05) is 24.4 Å². The highest BCUT2D eigenvalue weighted by atomic mass is 16.3. The van der Waals surface area contributed by atoms with Crippen molar-refractivity contribution in [2.45, 2.75) is 78.6 Å². The number of rotatable bonds is 5. The molecule has 0 aliphatic heterocycles. The van der Waals surface area contributed by atoms with Crippen molar-refractivity contribution in [3.05, 3.63) is 150 Å². The van der Waals surface area contributed by atoms with Gasteiger partial charge in [-0.2, -0.15) is 0 Å². The van der Waals surface area contributed by atoms with Crippen LogP contribution in [0.5, 0.6) is 5.75 Å². The van der Waals surface area contributed by atoms with Crippen LogP contribution in [0, 0.1) is 0 Å². The monoisotopic (exact) mass is 734 g/mol. The quantitative estimate of drug-likeness (QED) is 0.191. The first-order chi connectivity index (χ1) is 26.6. The molecule has 0 radical (unpaired) electrons. The Labute approximate surface area is 330 Å². The molecular formula is C52H50N2O2. The van der Waals surface area contributed by atoms with E-state index >= 15 is 0 Å². The molecule has 0 aliphatic carbocycles. The minimum absolute atomic E-state index is 0.0437. The van der Waals surface area contributed by atoms with Gasteiger partial charge in [-0.25, -0.2) is 4.98 Å². The fraction of sp³-hybridized carbons (Fsp3) is 0.231. The first kappa shape index (κ1) is 36.9. The second-order valence-corrected chi connectivity index (χ2v) is 18.1. The van der Waals surface area contributed by atoms with Crippen molar-refractivity contribution >= 4 is 22.0 Å². The molecule has 0 unspecified atom stereocenters. The molecule has 8 rings (SSSR count). The third kappa shape index (κ3) is 6.90. The van der Waals surface area contributed by atoms with Crippen molar-refractivity contribution < 1.29 is 9.52 Å². The molecule has 0 saturated carbocycles. The summed E-state index contributed by atoms with van der Waals surface area (Å²) in [4.78, 5) is 10.1. The lowest BCUT2D eigenvalue weighted by Crippen LogP contribution is -2.14. The zero-order chi connectivity index (χ0) is 39.6. The highest BCUT2D eigenvalue weighted by Gasteiger charge is 2.26. The van der Waals surface area contributed by atoms with Gasteiger partial charge in [0.2, 0.25) is 5.89 Å². The van der Waals surface area contributed by atoms with Gasteiger partial charge in [-0.3, -0.25) is 4.98 Å². The number of fused-ring (bicyclic) bond motifs is 2. The predicted molar refractivity (Wildman–Crippen MR) is 234 cm³/mol. The van der Waals surface area contributed by atoms with Crippen molar-refractivity contribution in [2.24, 2.45) is 0 Å². The molecule has 0 atom stereocenters. The minimum atomic E-state index is -0.116. The van der Waals surface area contributed by atoms with Crippen molar-refractivity contribution in [3.63, 3.8) is 0 Å². The van der Waals surface area contributed by atoms with Gasteiger partial charge in [0.25, 0.3) is 0 Å². The molecule has 0 amide bonds. The molecule has 0 bridgehead atoms. The van der Waals surface area contributed by atoms with Gasteiger partial charge in [0.15, 0.2) is 5.58 Å². The van der Waals surface area contributed by atoms with E-state index in [4.69, 9.17) is 14.4 Å². The number of aromatic hydroxyl groups is 1. The summed E-state index contributed by atoms with van der Waals surface area (Å²) >= 11 is 0. The van der Waals surface area contributed by atoms with E-state index in [1.165, 1.54) is 22.3 Å². The van der Waals surface area contributed by atoms with Crippen LogP contribution >= 0.6 is 0 Å². The molecule has 1 N–H and O–H groups in total. The van der Waals surface area contributed by atoms with Gasteiger partial charge < -0.3 is 9.52 Å². The maximum Gasteiger partial charge on any atom is 0.231 e. The Hall–Kier alpha value is -6.00. The fourth-order valence-electron chi connectivity index (χ4n) is 7.85. The summed E-state index contributed by atoms with van der Waals surface area (Å²) in [7, 11) is 0. The van der Waals surface area contributed by atoms with E-state index in [0.29, 0.717) is 17.0 Å². The van der Waals surface area contributed by atoms with Crippen LogP contribution in [-0.2, 0) is 16.2 Å². The third-order valence-electron chi connectivity index (χ3n) is 10.9. The Bertz CT molecular complexity index is 2740. The first-order valence-electron chi connectivity index (χ1n) is 19.5. The summed E-state index contributed by atoms with van der Waals surface area (Å²) in [6.45, 7) is 20.0. The lowest BCUT2D eigenvalue weighted by atomic mass is 9.78. The summed E-state index contributed by atoms with van der Waals surface area (Å²) in [6.07, 6.45) is 1.89. The van der Waals surface area contributed by atoms with Crippen LogP contribution in [0.25, 0.3) is 78.0 Å². The molecular weight excluding hydrogens is 685 g/mol. The number of phenolic OH excluding ortho intramolecular Hbond substituents is 1. The summed E-state index contributed by atoms with van der Waals surface area (Å²) in [6, 6.07) is 44.8. The van der Waals surface area contributed by atoms with Gasteiger partial charge >= 0.3 is 0 Å². The average molecular weight is 735 g/mol. The molecule has 280 valence electrons. The van der Waals surface area contributed by atoms with E-state index in [2.05, 4.69) is 165 Å². The first-order valence-corrected chi connectivity index (χ1v) is 19.5. The standard InChI is InChI=1S/C52H50N2O2/c1-50(2,3)37-22-20-32(21-23-37)36-28-41(48-45(29-36)56-49(54-48)43-30-38(51(4,5)6)24-25-44(43)55)34-17-13-18-35(27-34)42-31-40(33-15-11-10-12-16-33)46(52(7,8)9)39-19-14-26-53-47(39)42/h10-31,55H,1-9H3. The van der Waals surface area contributed by atoms with Gasteiger partial charge in [-0.1, -0.05) is 147 Å². The van der Waals surface area contributed by atoms with Crippen LogP contribution in [0.3, 0.4) is 0 Å². The van der Waals surface area contributed by atoms with Crippen LogP contribution in [0.1, 0.15) is 79.0 Å². The van der Waals surface area contributed by atoms with E-state index in [9.17, 15) is 5.11 Å². The van der Waals surface area contributed by atoms with E-state index in [-0.39, 0.29) is 22.0 Å². The lowest BCUT2D eigenvalue weighted by molar-refractivity contribution is 0.473. The van der Waals surface area contributed by atoms with Crippen LogP contribution in [-0.4, -0.2) is 15.1 Å². The van der Waals surface area contributed by atoms with Gasteiger partial charge in [-0.15, -0.1) is 0 Å². The summed E-state index contributed by atoms with van der Waals surface area (Å²) in [5, 5.41) is 12.3. The van der Waals surface area contributed by atoms with Crippen LogP contribution in [0.2, 0.25) is 0 Å². The van der Waals surface area contributed by atoms with Gasteiger partial charge in [0, 0.05) is 22.7 Å². The summed E-state index contributed by atoms with van der Waals surface area (Å²) in [5.74, 6) is 0.528. The van der Waals surface area contributed by atoms with Gasteiger partial charge in [0.1, 0.15) is 11.3 Å². The smallest absolute Gasteiger partial charge is 0.231 e. The minimum Gasteiger partial charge on any atom is -0.507 e. The van der Waals surface area contributed by atoms with Crippen LogP contribution < -0.4 is 0 Å². The lowest BCUT2D eigenvalue weighted by Gasteiger charge is -2.26. The van der Waals surface area contributed by atoms with E-state index in [1.54, 1.807) is 6.07 Å². The summed E-state index contributed by atoms with van der Waals surface area (Å²) in [5.41, 5.74) is 15.0. The van der Waals surface area contributed by atoms with Crippen molar-refractivity contribution in [3.8, 4) is 61.7 Å². The number of oxazole rings is 1. The Morgan fingerprint density at radius 1 is 0.464 bits per heavy atom. The molecule has 0 saturated heterocycles. The Kier molecular flexibility index (Phi) is 9.00. The molecule has 4 nitrogen and oxygen atoms in total. The number of benzene rings is 6. The van der Waals surface area contributed by atoms with Crippen LogP contribution in [0.4, 0.5) is 0 Å². The maximum absolute atomic E-state index is 11.1. The highest BCUT2D eigenvalue weighted by Crippen LogP contribution is 2.44. The molecule has 4 heteroatoms. The largest absolute Gasteiger partial charge is 0.507 e. The zero-order valence-corrected chi connectivity index (χ0v) is 34.0. The Morgan fingerprint density at radius 2 is 1.11 bits per heavy atom. The number of nitrogens with zero attached hydrogens (tertiary/aromatic N) is 2. The number of hydrogen-bond donors (Lipinski definition) is 1. The number of aromatic nitrogens is 2. The maximum atomic E-state index is 11.1. The topological polar surface area (TPSA) is 59.2 Å². The average Bonchev–Trinajstić information content (AvgIpc) is 3.60. The second-order valence-electron chi connectivity index (χ2n) is 18.1. The van der Waals surface area contributed by atoms with Crippen molar-refractivity contribution in [1.82, 2.24) is 9.97 Å².